The number of carbonyl (C=O) groups is 3. The Morgan fingerprint density at radius 2 is 1.57 bits per heavy atom. The number of esters is 2. The highest BCUT2D eigenvalue weighted by Gasteiger charge is 2.45. The molecule has 0 aliphatic carbocycles. The van der Waals surface area contributed by atoms with Gasteiger partial charge in [-0.1, -0.05) is 58.0 Å². The van der Waals surface area contributed by atoms with Crippen molar-refractivity contribution >= 4 is 35.7 Å². The monoisotopic (exact) mass is 947 g/mol. The summed E-state index contributed by atoms with van der Waals surface area (Å²) in [6, 6.07) is 18.6. The second-order valence-electron chi connectivity index (χ2n) is 16.5. The summed E-state index contributed by atoms with van der Waals surface area (Å²) in [4.78, 5) is 39.9. The molecule has 20 heteroatoms. The molecule has 2 heterocycles. The molecule has 3 aromatic rings. The van der Waals surface area contributed by atoms with E-state index >= 15 is 0 Å². The molecule has 358 valence electrons. The van der Waals surface area contributed by atoms with Crippen LogP contribution < -0.4 is 25.0 Å². The van der Waals surface area contributed by atoms with Gasteiger partial charge in [0, 0.05) is 6.54 Å². The summed E-state index contributed by atoms with van der Waals surface area (Å²) in [6.45, 7) is 10.6. The molecule has 2 fully saturated rings. The van der Waals surface area contributed by atoms with Crippen molar-refractivity contribution in [3.8, 4) is 17.2 Å². The maximum absolute atomic E-state index is 14.4. The molecule has 8 atom stereocenters. The van der Waals surface area contributed by atoms with E-state index in [0.29, 0.717) is 24.3 Å². The molecule has 0 bridgehead atoms. The molecular formula is C45H62N3O15PS. The van der Waals surface area contributed by atoms with Crippen LogP contribution in [0, 0.1) is 17.8 Å². The number of nitrogens with zero attached hydrogens (tertiary/aromatic N) is 1. The minimum Gasteiger partial charge on any atom is -0.497 e. The number of sulfonamides is 1. The van der Waals surface area contributed by atoms with Crippen molar-refractivity contribution in [1.29, 1.82) is 0 Å². The van der Waals surface area contributed by atoms with Crippen LogP contribution in [-0.4, -0.2) is 114 Å². The number of amides is 1. The van der Waals surface area contributed by atoms with Gasteiger partial charge in [-0.15, -0.1) is 0 Å². The summed E-state index contributed by atoms with van der Waals surface area (Å²) in [5, 5.41) is 2.88. The van der Waals surface area contributed by atoms with E-state index in [0.717, 1.165) is 0 Å². The first-order valence-electron chi connectivity index (χ1n) is 21.6. The average molecular weight is 948 g/mol. The van der Waals surface area contributed by atoms with Crippen LogP contribution in [0.5, 0.6) is 17.2 Å². The molecule has 65 heavy (non-hydrogen) atoms. The number of methoxy groups -OCH3 is 1. The van der Waals surface area contributed by atoms with E-state index in [1.807, 2.05) is 13.8 Å². The molecule has 18 nitrogen and oxygen atoms in total. The molecular weight excluding hydrogens is 886 g/mol. The van der Waals surface area contributed by atoms with E-state index in [9.17, 15) is 27.4 Å². The Hall–Kier alpha value is -4.75. The zero-order valence-electron chi connectivity index (χ0n) is 37.9. The van der Waals surface area contributed by atoms with Gasteiger partial charge in [0.2, 0.25) is 16.4 Å². The Morgan fingerprint density at radius 1 is 0.892 bits per heavy atom. The van der Waals surface area contributed by atoms with Crippen LogP contribution in [0.2, 0.25) is 0 Å². The highest BCUT2D eigenvalue weighted by atomic mass is 32.2. The second kappa shape index (κ2) is 23.6. The molecule has 1 unspecified atom stereocenters. The number of rotatable bonds is 24. The SMILES string of the molecule is CCOC(=O)[C@H](C)OP(=O)(COc1ccc(C[C@H](NC(=O)O[C@H]2CO[C@H]3OCC[C@H]32)[C@@H](CN(CC(C)C)S(=O)(=O)c2ccc(OC)cc2)OC(=O)[C@H](N)C(C)C)cc1)Oc1ccccc1. The van der Waals surface area contributed by atoms with Crippen LogP contribution in [0.15, 0.2) is 83.8 Å². The van der Waals surface area contributed by atoms with Gasteiger partial charge in [-0.3, -0.25) is 9.32 Å². The van der Waals surface area contributed by atoms with Crippen LogP contribution in [-0.2, 0) is 58.8 Å². The van der Waals surface area contributed by atoms with Gasteiger partial charge in [-0.2, -0.15) is 4.31 Å². The second-order valence-corrected chi connectivity index (χ2v) is 20.3. The topological polar surface area (TPSA) is 227 Å². The first-order valence-corrected chi connectivity index (χ1v) is 24.8. The number of carbonyl (C=O) groups excluding carboxylic acids is 3. The predicted octanol–water partition coefficient (Wildman–Crippen LogP) is 5.91. The third kappa shape index (κ3) is 14.6. The number of para-hydroxylation sites is 1. The smallest absolute Gasteiger partial charge is 0.417 e. The summed E-state index contributed by atoms with van der Waals surface area (Å²) in [7, 11) is -6.88. The lowest BCUT2D eigenvalue weighted by molar-refractivity contribution is -0.154. The summed E-state index contributed by atoms with van der Waals surface area (Å²) in [5.41, 5.74) is 6.87. The van der Waals surface area contributed by atoms with Gasteiger partial charge in [0.25, 0.3) is 0 Å². The van der Waals surface area contributed by atoms with Crippen LogP contribution in [0.3, 0.4) is 0 Å². The first-order chi connectivity index (χ1) is 30.9. The Morgan fingerprint density at radius 3 is 2.20 bits per heavy atom. The molecule has 2 aliphatic rings. The first kappa shape index (κ1) is 51.2. The van der Waals surface area contributed by atoms with Crippen LogP contribution >= 0.6 is 7.60 Å². The van der Waals surface area contributed by atoms with Gasteiger partial charge in [0.1, 0.15) is 35.5 Å². The lowest BCUT2D eigenvalue weighted by Crippen LogP contribution is -2.54. The van der Waals surface area contributed by atoms with E-state index in [-0.39, 0.29) is 66.9 Å². The van der Waals surface area contributed by atoms with E-state index in [2.05, 4.69) is 5.32 Å². The van der Waals surface area contributed by atoms with Crippen molar-refractivity contribution in [1.82, 2.24) is 9.62 Å². The lowest BCUT2D eigenvalue weighted by Gasteiger charge is -2.34. The van der Waals surface area contributed by atoms with Crippen molar-refractivity contribution in [3.63, 3.8) is 0 Å². The van der Waals surface area contributed by atoms with Gasteiger partial charge in [-0.25, -0.2) is 22.6 Å². The molecule has 2 aliphatic heterocycles. The van der Waals surface area contributed by atoms with E-state index in [1.54, 1.807) is 75.4 Å². The standard InChI is InChI=1S/C45H62N3O15PS/c1-8-56-42(49)31(6)62-64(52,63-35-12-10-9-11-13-35)28-59-34-16-14-32(15-17-34)24-38(47-45(51)61-40-27-58-44-37(40)22-23-57-44)39(60-43(50)41(46)30(4)5)26-48(25-29(2)3)65(53,54)36-20-18-33(55-7)19-21-36/h9-21,29-31,37-41,44H,8,22-28,46H2,1-7H3,(H,47,51)/t31-,37-,38-,39+,40-,41+,44+,64?/m0/s1. The van der Waals surface area contributed by atoms with E-state index < -0.39 is 78.7 Å². The molecule has 2 saturated heterocycles. The number of ether oxygens (including phenoxy) is 7. The maximum atomic E-state index is 14.4. The summed E-state index contributed by atoms with van der Waals surface area (Å²) in [6.07, 6.45) is -4.44. The number of alkyl carbamates (subject to hydrolysis) is 1. The quantitative estimate of drug-likeness (QED) is 0.0604. The number of hydrogen-bond donors (Lipinski definition) is 2. The van der Waals surface area contributed by atoms with Crippen molar-refractivity contribution in [2.75, 3.05) is 46.4 Å². The van der Waals surface area contributed by atoms with Crippen molar-refractivity contribution in [2.45, 2.75) is 96.0 Å². The molecule has 5 rings (SSSR count). The van der Waals surface area contributed by atoms with Crippen LogP contribution in [0.4, 0.5) is 4.79 Å². The highest BCUT2D eigenvalue weighted by molar-refractivity contribution is 7.89. The maximum Gasteiger partial charge on any atom is 0.417 e. The van der Waals surface area contributed by atoms with E-state index in [1.165, 1.54) is 42.6 Å². The Balaban J connectivity index is 1.45. The van der Waals surface area contributed by atoms with Gasteiger partial charge < -0.3 is 48.7 Å². The largest absolute Gasteiger partial charge is 0.497 e. The normalized spacial score (nSPS) is 20.0. The third-order valence-corrected chi connectivity index (χ3v) is 14.0. The zero-order valence-corrected chi connectivity index (χ0v) is 39.6. The molecule has 1 amide bonds. The predicted molar refractivity (Wildman–Crippen MR) is 238 cm³/mol. The summed E-state index contributed by atoms with van der Waals surface area (Å²) < 4.78 is 94.8. The number of benzene rings is 3. The Kier molecular flexibility index (Phi) is 18.6. The fourth-order valence-corrected chi connectivity index (χ4v) is 10.2. The third-order valence-electron chi connectivity index (χ3n) is 10.6. The molecule has 3 N–H and O–H groups in total. The fraction of sp³-hybridized carbons (Fsp3) is 0.533. The van der Waals surface area contributed by atoms with Crippen molar-refractivity contribution in [2.24, 2.45) is 23.5 Å². The lowest BCUT2D eigenvalue weighted by atomic mass is 10.00. The molecule has 0 saturated carbocycles. The minimum atomic E-state index is -4.22. The van der Waals surface area contributed by atoms with Gasteiger partial charge in [0.15, 0.2) is 12.4 Å². The Bertz CT molecular complexity index is 2160. The summed E-state index contributed by atoms with van der Waals surface area (Å²) >= 11 is 0. The zero-order chi connectivity index (χ0) is 47.3. The van der Waals surface area contributed by atoms with Crippen LogP contribution in [0.25, 0.3) is 0 Å². The van der Waals surface area contributed by atoms with Crippen molar-refractivity contribution < 1.29 is 69.6 Å². The van der Waals surface area contributed by atoms with Crippen molar-refractivity contribution in [3.05, 3.63) is 84.4 Å². The van der Waals surface area contributed by atoms with Gasteiger partial charge >= 0.3 is 25.6 Å². The molecule has 3 aromatic carbocycles. The number of fused-ring (bicyclic) bond motifs is 1. The Labute approximate surface area is 381 Å². The molecule has 0 spiro atoms. The number of hydrogen-bond acceptors (Lipinski definition) is 16. The van der Waals surface area contributed by atoms with Crippen LogP contribution in [0.1, 0.15) is 53.5 Å². The fourth-order valence-electron chi connectivity index (χ4n) is 7.06. The highest BCUT2D eigenvalue weighted by Crippen LogP contribution is 2.49. The minimum absolute atomic E-state index is 0.00550. The molecule has 0 aromatic heterocycles. The van der Waals surface area contributed by atoms with Gasteiger partial charge in [0.05, 0.1) is 50.3 Å². The van der Waals surface area contributed by atoms with E-state index in [4.69, 9.17) is 47.9 Å². The number of nitrogens with two attached hydrogens (primary N) is 1. The average Bonchev–Trinajstić information content (AvgIpc) is 3.90. The summed E-state index contributed by atoms with van der Waals surface area (Å²) in [5.74, 6) is -1.26. The van der Waals surface area contributed by atoms with Gasteiger partial charge in [-0.05, 0) is 92.6 Å². The number of nitrogens with one attached hydrogen (secondary N) is 1. The molecule has 0 radical (unpaired) electrons.